The van der Waals surface area contributed by atoms with Crippen LogP contribution in [-0.2, 0) is 16.0 Å². The molecule has 0 saturated heterocycles. The molecule has 1 aromatic heterocycles. The first-order chi connectivity index (χ1) is 12.7. The molecule has 0 N–H and O–H groups in total. The predicted molar refractivity (Wildman–Crippen MR) is 102 cm³/mol. The summed E-state index contributed by atoms with van der Waals surface area (Å²) in [5, 5.41) is 0. The molecule has 0 spiro atoms. The summed E-state index contributed by atoms with van der Waals surface area (Å²) in [6.45, 7) is 6.72. The van der Waals surface area contributed by atoms with Crippen molar-refractivity contribution in [3.05, 3.63) is 29.1 Å². The quantitative estimate of drug-likeness (QED) is 0.695. The minimum atomic E-state index is -0.538. The molecule has 3 rings (SSSR count). The van der Waals surface area contributed by atoms with Crippen molar-refractivity contribution in [3.8, 4) is 0 Å². The zero-order valence-electron chi connectivity index (χ0n) is 16.8. The van der Waals surface area contributed by atoms with Crippen LogP contribution in [0.2, 0.25) is 0 Å². The van der Waals surface area contributed by atoms with Gasteiger partial charge in [0.15, 0.2) is 0 Å². The van der Waals surface area contributed by atoms with E-state index < -0.39 is 11.6 Å². The summed E-state index contributed by atoms with van der Waals surface area (Å²) in [4.78, 5) is 31.0. The largest absolute Gasteiger partial charge is 0.464 e. The van der Waals surface area contributed by atoms with Gasteiger partial charge in [0.25, 0.3) is 0 Å². The fraction of sp³-hybridized carbons (Fsp3) is 0.667. The maximum Gasteiger partial charge on any atom is 0.410 e. The molecule has 1 heterocycles. The van der Waals surface area contributed by atoms with Crippen LogP contribution in [0.1, 0.15) is 80.5 Å². The Hall–Kier alpha value is -2.11. The van der Waals surface area contributed by atoms with E-state index in [-0.39, 0.29) is 6.09 Å². The van der Waals surface area contributed by atoms with Gasteiger partial charge >= 0.3 is 12.1 Å². The number of hydrogen-bond acceptors (Lipinski definition) is 5. The molecule has 0 unspecified atom stereocenters. The fourth-order valence-electron chi connectivity index (χ4n) is 3.24. The summed E-state index contributed by atoms with van der Waals surface area (Å²) in [5.41, 5.74) is 1.59. The Morgan fingerprint density at radius 2 is 1.89 bits per heavy atom. The standard InChI is InChI=1S/C21H30N2O4/c1-21(2,3)27-20(25)23(12-14-6-5-7-14)13-15-10-17(16-8-9-16)22-18(11-15)19(24)26-4/h10-11,14,16H,5-9,12-13H2,1-4H3. The summed E-state index contributed by atoms with van der Waals surface area (Å²) in [5.74, 6) is 0.499. The monoisotopic (exact) mass is 374 g/mol. The highest BCUT2D eigenvalue weighted by molar-refractivity contribution is 5.87. The highest BCUT2D eigenvalue weighted by Gasteiger charge is 2.30. The molecule has 0 atom stereocenters. The minimum Gasteiger partial charge on any atom is -0.464 e. The highest BCUT2D eigenvalue weighted by Crippen LogP contribution is 2.39. The van der Waals surface area contributed by atoms with Crippen LogP contribution in [0, 0.1) is 5.92 Å². The Morgan fingerprint density at radius 1 is 1.19 bits per heavy atom. The van der Waals surface area contributed by atoms with Crippen LogP contribution in [0.4, 0.5) is 4.79 Å². The number of esters is 1. The molecule has 1 aromatic rings. The van der Waals surface area contributed by atoms with Gasteiger partial charge in [0.1, 0.15) is 11.3 Å². The number of nitrogens with zero attached hydrogens (tertiary/aromatic N) is 2. The van der Waals surface area contributed by atoms with Gasteiger partial charge in [0.05, 0.1) is 7.11 Å². The van der Waals surface area contributed by atoms with E-state index in [0.717, 1.165) is 36.9 Å². The molecule has 2 aliphatic rings. The summed E-state index contributed by atoms with van der Waals surface area (Å²) in [7, 11) is 1.36. The third kappa shape index (κ3) is 5.44. The molecular formula is C21H30N2O4. The van der Waals surface area contributed by atoms with E-state index in [1.165, 1.54) is 13.5 Å². The van der Waals surface area contributed by atoms with E-state index in [1.54, 1.807) is 11.0 Å². The number of carbonyl (C=O) groups excluding carboxylic acids is 2. The van der Waals surface area contributed by atoms with Crippen molar-refractivity contribution in [2.24, 2.45) is 5.92 Å². The molecule has 148 valence electrons. The van der Waals surface area contributed by atoms with Crippen molar-refractivity contribution in [3.63, 3.8) is 0 Å². The lowest BCUT2D eigenvalue weighted by Crippen LogP contribution is -2.40. The molecule has 6 heteroatoms. The molecule has 2 fully saturated rings. The number of amides is 1. The van der Waals surface area contributed by atoms with Gasteiger partial charge in [-0.1, -0.05) is 6.42 Å². The van der Waals surface area contributed by atoms with Crippen LogP contribution < -0.4 is 0 Å². The average molecular weight is 374 g/mol. The highest BCUT2D eigenvalue weighted by atomic mass is 16.6. The zero-order valence-corrected chi connectivity index (χ0v) is 16.8. The molecule has 1 amide bonds. The average Bonchev–Trinajstić information content (AvgIpc) is 3.39. The SMILES string of the molecule is COC(=O)c1cc(CN(CC2CCC2)C(=O)OC(C)(C)C)cc(C2CC2)n1. The van der Waals surface area contributed by atoms with E-state index in [2.05, 4.69) is 4.98 Å². The number of carbonyl (C=O) groups is 2. The van der Waals surface area contributed by atoms with Gasteiger partial charge in [-0.15, -0.1) is 0 Å². The van der Waals surface area contributed by atoms with Gasteiger partial charge in [-0.25, -0.2) is 14.6 Å². The molecule has 27 heavy (non-hydrogen) atoms. The van der Waals surface area contributed by atoms with Gasteiger partial charge in [0, 0.05) is 24.7 Å². The fourth-order valence-corrected chi connectivity index (χ4v) is 3.24. The smallest absolute Gasteiger partial charge is 0.410 e. The van der Waals surface area contributed by atoms with Gasteiger partial charge in [0.2, 0.25) is 0 Å². The van der Waals surface area contributed by atoms with Crippen LogP contribution >= 0.6 is 0 Å². The zero-order chi connectivity index (χ0) is 19.6. The Kier molecular flexibility index (Phi) is 5.72. The summed E-state index contributed by atoms with van der Waals surface area (Å²) >= 11 is 0. The normalized spacial score (nSPS) is 17.2. The first-order valence-corrected chi connectivity index (χ1v) is 9.82. The van der Waals surface area contributed by atoms with Crippen molar-refractivity contribution >= 4 is 12.1 Å². The second kappa shape index (κ2) is 7.87. The van der Waals surface area contributed by atoms with Crippen molar-refractivity contribution < 1.29 is 19.1 Å². The van der Waals surface area contributed by atoms with Crippen molar-refractivity contribution in [1.82, 2.24) is 9.88 Å². The van der Waals surface area contributed by atoms with Gasteiger partial charge in [-0.2, -0.15) is 0 Å². The number of pyridine rings is 1. The van der Waals surface area contributed by atoms with Crippen LogP contribution in [0.15, 0.2) is 12.1 Å². The number of rotatable bonds is 6. The summed E-state index contributed by atoms with van der Waals surface area (Å²) in [6, 6.07) is 3.75. The lowest BCUT2D eigenvalue weighted by atomic mass is 9.85. The Balaban J connectivity index is 1.81. The van der Waals surface area contributed by atoms with E-state index in [9.17, 15) is 9.59 Å². The van der Waals surface area contributed by atoms with E-state index in [0.29, 0.717) is 30.6 Å². The number of ether oxygens (including phenoxy) is 2. The number of hydrogen-bond donors (Lipinski definition) is 0. The first kappa shape index (κ1) is 19.6. The second-order valence-corrected chi connectivity index (χ2v) is 8.71. The second-order valence-electron chi connectivity index (χ2n) is 8.71. The van der Waals surface area contributed by atoms with Crippen molar-refractivity contribution in [2.45, 2.75) is 70.9 Å². The maximum absolute atomic E-state index is 12.7. The lowest BCUT2D eigenvalue weighted by molar-refractivity contribution is 0.0173. The van der Waals surface area contributed by atoms with Crippen LogP contribution in [0.3, 0.4) is 0 Å². The minimum absolute atomic E-state index is 0.307. The van der Waals surface area contributed by atoms with E-state index in [1.807, 2.05) is 26.8 Å². The summed E-state index contributed by atoms with van der Waals surface area (Å²) in [6.07, 6.45) is 5.40. The molecule has 0 aromatic carbocycles. The lowest BCUT2D eigenvalue weighted by Gasteiger charge is -2.33. The van der Waals surface area contributed by atoms with Gasteiger partial charge in [-0.05, 0) is 70.1 Å². The molecule has 2 saturated carbocycles. The molecule has 6 nitrogen and oxygen atoms in total. The Labute approximate surface area is 161 Å². The summed E-state index contributed by atoms with van der Waals surface area (Å²) < 4.78 is 10.5. The Bertz CT molecular complexity index is 703. The topological polar surface area (TPSA) is 68.7 Å². The van der Waals surface area contributed by atoms with Crippen molar-refractivity contribution in [1.29, 1.82) is 0 Å². The van der Waals surface area contributed by atoms with Crippen LogP contribution in [-0.4, -0.2) is 41.2 Å². The molecular weight excluding hydrogens is 344 g/mol. The molecule has 0 bridgehead atoms. The molecule has 2 aliphatic carbocycles. The van der Waals surface area contributed by atoms with Crippen molar-refractivity contribution in [2.75, 3.05) is 13.7 Å². The maximum atomic E-state index is 12.7. The van der Waals surface area contributed by atoms with E-state index in [4.69, 9.17) is 9.47 Å². The number of methoxy groups -OCH3 is 1. The number of aromatic nitrogens is 1. The van der Waals surface area contributed by atoms with E-state index >= 15 is 0 Å². The molecule has 0 aliphatic heterocycles. The predicted octanol–water partition coefficient (Wildman–Crippen LogP) is 4.28. The molecule has 0 radical (unpaired) electrons. The third-order valence-corrected chi connectivity index (χ3v) is 5.02. The van der Waals surface area contributed by atoms with Gasteiger partial charge in [-0.3, -0.25) is 0 Å². The third-order valence-electron chi connectivity index (χ3n) is 5.02. The van der Waals surface area contributed by atoms with Crippen LogP contribution in [0.5, 0.6) is 0 Å². The van der Waals surface area contributed by atoms with Crippen LogP contribution in [0.25, 0.3) is 0 Å². The van der Waals surface area contributed by atoms with Gasteiger partial charge < -0.3 is 14.4 Å². The Morgan fingerprint density at radius 3 is 2.41 bits per heavy atom. The first-order valence-electron chi connectivity index (χ1n) is 9.82.